The second-order valence-electron chi connectivity index (χ2n) is 5.11. The van der Waals surface area contributed by atoms with Crippen molar-refractivity contribution in [2.24, 2.45) is 11.8 Å². The third kappa shape index (κ3) is 3.01. The van der Waals surface area contributed by atoms with Crippen LogP contribution in [0.15, 0.2) is 18.2 Å². The number of anilines is 1. The van der Waals surface area contributed by atoms with Crippen molar-refractivity contribution in [3.8, 4) is 0 Å². The van der Waals surface area contributed by atoms with E-state index in [2.05, 4.69) is 6.92 Å². The first-order valence-corrected chi connectivity index (χ1v) is 6.54. The van der Waals surface area contributed by atoms with E-state index >= 15 is 0 Å². The minimum Gasteiger partial charge on any atom is -0.399 e. The maximum atomic E-state index is 12.3. The maximum Gasteiger partial charge on any atom is 0.166 e. The lowest BCUT2D eigenvalue weighted by Crippen LogP contribution is -2.22. The molecule has 2 atom stereocenters. The van der Waals surface area contributed by atoms with Gasteiger partial charge in [-0.1, -0.05) is 31.4 Å². The zero-order valence-corrected chi connectivity index (χ0v) is 10.8. The molecular weight excluding hydrogens is 234 g/mol. The van der Waals surface area contributed by atoms with Crippen molar-refractivity contribution < 1.29 is 4.79 Å². The summed E-state index contributed by atoms with van der Waals surface area (Å²) in [5, 5.41) is 0.539. The summed E-state index contributed by atoms with van der Waals surface area (Å²) < 4.78 is 0. The van der Waals surface area contributed by atoms with Crippen molar-refractivity contribution in [1.29, 1.82) is 0 Å². The Bertz CT molecular complexity index is 410. The van der Waals surface area contributed by atoms with E-state index in [1.54, 1.807) is 18.2 Å². The van der Waals surface area contributed by atoms with Crippen LogP contribution < -0.4 is 5.73 Å². The van der Waals surface area contributed by atoms with E-state index in [4.69, 9.17) is 17.3 Å². The van der Waals surface area contributed by atoms with E-state index in [9.17, 15) is 4.79 Å². The first-order chi connectivity index (χ1) is 8.06. The number of benzene rings is 1. The molecule has 2 nitrogen and oxygen atoms in total. The molecule has 0 radical (unpaired) electrons. The number of Topliss-reactive ketones (excluding diaryl/α,β-unsaturated/α-hetero) is 1. The Hall–Kier alpha value is -1.02. The van der Waals surface area contributed by atoms with Gasteiger partial charge >= 0.3 is 0 Å². The highest BCUT2D eigenvalue weighted by atomic mass is 35.5. The van der Waals surface area contributed by atoms with Crippen LogP contribution in [0.3, 0.4) is 0 Å². The lowest BCUT2D eigenvalue weighted by atomic mass is 9.79. The number of carbonyl (C=O) groups excluding carboxylic acids is 1. The highest BCUT2D eigenvalue weighted by Gasteiger charge is 2.26. The molecule has 17 heavy (non-hydrogen) atoms. The van der Waals surface area contributed by atoms with Gasteiger partial charge in [-0.3, -0.25) is 4.79 Å². The Morgan fingerprint density at radius 1 is 1.35 bits per heavy atom. The normalized spacial score (nSPS) is 24.6. The molecular formula is C14H18ClNO. The van der Waals surface area contributed by atoms with Crippen molar-refractivity contribution >= 4 is 23.1 Å². The van der Waals surface area contributed by atoms with Crippen molar-refractivity contribution in [3.05, 3.63) is 28.8 Å². The fraction of sp³-hybridized carbons (Fsp3) is 0.500. The summed E-state index contributed by atoms with van der Waals surface area (Å²) in [6.07, 6.45) is 4.37. The lowest BCUT2D eigenvalue weighted by Gasteiger charge is -2.25. The quantitative estimate of drug-likeness (QED) is 0.639. The fourth-order valence-corrected chi connectivity index (χ4v) is 2.91. The number of rotatable bonds is 2. The van der Waals surface area contributed by atoms with Crippen LogP contribution in [0, 0.1) is 11.8 Å². The lowest BCUT2D eigenvalue weighted by molar-refractivity contribution is 0.0868. The van der Waals surface area contributed by atoms with Crippen LogP contribution in [0.1, 0.15) is 43.0 Å². The Morgan fingerprint density at radius 2 is 2.12 bits per heavy atom. The number of hydrogen-bond donors (Lipinski definition) is 1. The Kier molecular flexibility index (Phi) is 3.72. The SMILES string of the molecule is CC1CCCC(C(=O)c2cc(N)cc(Cl)c2)C1. The average molecular weight is 252 g/mol. The van der Waals surface area contributed by atoms with Gasteiger partial charge in [0, 0.05) is 22.2 Å². The van der Waals surface area contributed by atoms with Crippen LogP contribution in [0.4, 0.5) is 5.69 Å². The van der Waals surface area contributed by atoms with E-state index in [0.717, 1.165) is 19.3 Å². The zero-order chi connectivity index (χ0) is 12.4. The number of nitrogens with two attached hydrogens (primary N) is 1. The molecule has 2 rings (SSSR count). The van der Waals surface area contributed by atoms with E-state index < -0.39 is 0 Å². The number of hydrogen-bond acceptors (Lipinski definition) is 2. The molecule has 0 bridgehead atoms. The van der Waals surface area contributed by atoms with Crippen LogP contribution in [0.2, 0.25) is 5.02 Å². The van der Waals surface area contributed by atoms with Crippen LogP contribution in [-0.2, 0) is 0 Å². The smallest absolute Gasteiger partial charge is 0.166 e. The minimum absolute atomic E-state index is 0.150. The van der Waals surface area contributed by atoms with E-state index in [0.29, 0.717) is 22.2 Å². The summed E-state index contributed by atoms with van der Waals surface area (Å²) in [6, 6.07) is 5.12. The standard InChI is InChI=1S/C14H18ClNO/c1-9-3-2-4-10(5-9)14(17)11-6-12(15)8-13(16)7-11/h6-10H,2-5,16H2,1H3. The molecule has 1 saturated carbocycles. The van der Waals surface area contributed by atoms with Crippen LogP contribution in [0.25, 0.3) is 0 Å². The Morgan fingerprint density at radius 3 is 2.76 bits per heavy atom. The number of nitrogen functional groups attached to an aromatic ring is 1. The van der Waals surface area contributed by atoms with Crippen LogP contribution >= 0.6 is 11.6 Å². The van der Waals surface area contributed by atoms with Gasteiger partial charge in [-0.25, -0.2) is 0 Å². The van der Waals surface area contributed by atoms with E-state index in [1.165, 1.54) is 6.42 Å². The summed E-state index contributed by atoms with van der Waals surface area (Å²) in [4.78, 5) is 12.3. The summed E-state index contributed by atoms with van der Waals surface area (Å²) in [7, 11) is 0. The van der Waals surface area contributed by atoms with Gasteiger partial charge in [0.05, 0.1) is 0 Å². The summed E-state index contributed by atoms with van der Waals surface area (Å²) in [5.74, 6) is 0.997. The maximum absolute atomic E-state index is 12.3. The minimum atomic E-state index is 0.150. The largest absolute Gasteiger partial charge is 0.399 e. The summed E-state index contributed by atoms with van der Waals surface area (Å²) in [6.45, 7) is 2.21. The molecule has 1 aliphatic carbocycles. The van der Waals surface area contributed by atoms with Gasteiger partial charge in [-0.15, -0.1) is 0 Å². The molecule has 0 spiro atoms. The van der Waals surface area contributed by atoms with E-state index in [-0.39, 0.29) is 11.7 Å². The first kappa shape index (κ1) is 12.4. The second-order valence-corrected chi connectivity index (χ2v) is 5.54. The second kappa shape index (κ2) is 5.09. The van der Waals surface area contributed by atoms with Crippen molar-refractivity contribution in [2.75, 3.05) is 5.73 Å². The molecule has 3 heteroatoms. The summed E-state index contributed by atoms with van der Waals surface area (Å²) in [5.41, 5.74) is 6.94. The number of ketones is 1. The molecule has 0 aromatic heterocycles. The third-order valence-electron chi connectivity index (χ3n) is 3.51. The predicted octanol–water partition coefficient (Wildman–Crippen LogP) is 3.93. The Balaban J connectivity index is 2.18. The topological polar surface area (TPSA) is 43.1 Å². The Labute approximate surface area is 107 Å². The number of halogens is 1. The third-order valence-corrected chi connectivity index (χ3v) is 3.73. The molecule has 2 N–H and O–H groups in total. The fourth-order valence-electron chi connectivity index (χ4n) is 2.66. The molecule has 0 amide bonds. The highest BCUT2D eigenvalue weighted by molar-refractivity contribution is 6.31. The molecule has 1 aromatic carbocycles. The first-order valence-electron chi connectivity index (χ1n) is 6.16. The molecule has 1 aliphatic rings. The van der Waals surface area contributed by atoms with Gasteiger partial charge in [0.1, 0.15) is 0 Å². The molecule has 92 valence electrons. The molecule has 0 aliphatic heterocycles. The molecule has 0 saturated heterocycles. The van der Waals surface area contributed by atoms with Gasteiger partial charge < -0.3 is 5.73 Å². The van der Waals surface area contributed by atoms with Gasteiger partial charge in [0.25, 0.3) is 0 Å². The number of carbonyl (C=O) groups is 1. The molecule has 1 aromatic rings. The monoisotopic (exact) mass is 251 g/mol. The molecule has 0 heterocycles. The van der Waals surface area contributed by atoms with Crippen molar-refractivity contribution in [3.63, 3.8) is 0 Å². The van der Waals surface area contributed by atoms with Gasteiger partial charge in [-0.05, 0) is 37.0 Å². The van der Waals surface area contributed by atoms with Gasteiger partial charge in [0.2, 0.25) is 0 Å². The van der Waals surface area contributed by atoms with Gasteiger partial charge in [-0.2, -0.15) is 0 Å². The molecule has 1 fully saturated rings. The van der Waals surface area contributed by atoms with Gasteiger partial charge in [0.15, 0.2) is 5.78 Å². The molecule has 2 unspecified atom stereocenters. The summed E-state index contributed by atoms with van der Waals surface area (Å²) >= 11 is 5.93. The van der Waals surface area contributed by atoms with Crippen molar-refractivity contribution in [2.45, 2.75) is 32.6 Å². The highest BCUT2D eigenvalue weighted by Crippen LogP contribution is 2.31. The average Bonchev–Trinajstić information content (AvgIpc) is 2.26. The van der Waals surface area contributed by atoms with Crippen LogP contribution in [-0.4, -0.2) is 5.78 Å². The predicted molar refractivity (Wildman–Crippen MR) is 71.3 cm³/mol. The van der Waals surface area contributed by atoms with E-state index in [1.807, 2.05) is 0 Å². The van der Waals surface area contributed by atoms with Crippen LogP contribution in [0.5, 0.6) is 0 Å². The van der Waals surface area contributed by atoms with Crippen molar-refractivity contribution in [1.82, 2.24) is 0 Å². The zero-order valence-electron chi connectivity index (χ0n) is 10.1.